The first kappa shape index (κ1) is 23.2. The van der Waals surface area contributed by atoms with Gasteiger partial charge < -0.3 is 10.1 Å². The summed E-state index contributed by atoms with van der Waals surface area (Å²) in [6.45, 7) is 2.87. The quantitative estimate of drug-likeness (QED) is 0.373. The summed E-state index contributed by atoms with van der Waals surface area (Å²) < 4.78 is 38.2. The van der Waals surface area contributed by atoms with Gasteiger partial charge in [-0.05, 0) is 61.2 Å². The van der Waals surface area contributed by atoms with Gasteiger partial charge in [0.15, 0.2) is 0 Å². The topological polar surface area (TPSA) is 101 Å². The number of thiazole rings is 1. The number of hydrogen-bond acceptors (Lipinski definition) is 6. The van der Waals surface area contributed by atoms with Crippen LogP contribution in [0, 0.1) is 0 Å². The zero-order valence-corrected chi connectivity index (χ0v) is 19.2. The molecule has 0 aliphatic heterocycles. The Kier molecular flexibility index (Phi) is 8.03. The smallest absolute Gasteiger partial charge is 0.357 e. The number of hydrogen-bond donors (Lipinski definition) is 3. The lowest BCUT2D eigenvalue weighted by Gasteiger charge is -2.17. The maximum absolute atomic E-state index is 11.0. The molecule has 9 heteroatoms. The monoisotopic (exact) mass is 461 g/mol. The number of aromatic nitrogens is 1. The van der Waals surface area contributed by atoms with E-state index in [1.54, 1.807) is 30.6 Å². The van der Waals surface area contributed by atoms with E-state index in [2.05, 4.69) is 28.4 Å². The van der Waals surface area contributed by atoms with Crippen LogP contribution in [-0.4, -0.2) is 31.6 Å². The number of ether oxygens (including phenoxy) is 1. The van der Waals surface area contributed by atoms with Crippen molar-refractivity contribution in [3.05, 3.63) is 75.7 Å². The Hall–Kier alpha value is -2.46. The van der Waals surface area contributed by atoms with Crippen LogP contribution < -0.4 is 14.8 Å². The van der Waals surface area contributed by atoms with Crippen LogP contribution in [0.15, 0.2) is 53.9 Å². The number of benzene rings is 2. The van der Waals surface area contributed by atoms with E-state index in [0.29, 0.717) is 12.1 Å². The fourth-order valence-electron chi connectivity index (χ4n) is 3.20. The highest BCUT2D eigenvalue weighted by Crippen LogP contribution is 2.24. The van der Waals surface area contributed by atoms with Crippen molar-refractivity contribution < 1.29 is 17.7 Å². The fraction of sp³-hybridized carbons (Fsp3) is 0.318. The van der Waals surface area contributed by atoms with Crippen LogP contribution in [0.1, 0.15) is 34.8 Å². The lowest BCUT2D eigenvalue weighted by atomic mass is 10.1. The Bertz CT molecular complexity index is 1080. The molecule has 31 heavy (non-hydrogen) atoms. The predicted molar refractivity (Wildman–Crippen MR) is 124 cm³/mol. The summed E-state index contributed by atoms with van der Waals surface area (Å²) in [5.74, 6) is 0.847. The number of anilines is 1. The lowest BCUT2D eigenvalue weighted by molar-refractivity contribution is 0.414. The standard InChI is InChI=1S/C22H27N3O4S2/c1-3-18-15-30-22(24-18)21(23-12-11-16-5-4-6-20(13-16)29-2)14-17-7-9-19(10-8-17)25-31(26,27)28/h4-10,13,15,21,23,25H,3,11-12,14H2,1-2H3,(H,26,27,28)/t21-/m0/s1. The van der Waals surface area contributed by atoms with Crippen LogP contribution >= 0.6 is 11.3 Å². The summed E-state index contributed by atoms with van der Waals surface area (Å²) in [5, 5.41) is 6.74. The van der Waals surface area contributed by atoms with E-state index in [1.165, 1.54) is 5.56 Å². The molecule has 1 heterocycles. The summed E-state index contributed by atoms with van der Waals surface area (Å²) in [4.78, 5) is 4.76. The first-order valence-electron chi connectivity index (χ1n) is 10.0. The van der Waals surface area contributed by atoms with Gasteiger partial charge in [0.25, 0.3) is 0 Å². The Morgan fingerprint density at radius 3 is 2.58 bits per heavy atom. The maximum atomic E-state index is 11.0. The molecule has 3 N–H and O–H groups in total. The molecule has 0 unspecified atom stereocenters. The molecule has 0 amide bonds. The molecule has 0 spiro atoms. The fourth-order valence-corrected chi connectivity index (χ4v) is 4.62. The van der Waals surface area contributed by atoms with Crippen LogP contribution in [0.2, 0.25) is 0 Å². The van der Waals surface area contributed by atoms with Crippen LogP contribution in [0.25, 0.3) is 0 Å². The largest absolute Gasteiger partial charge is 0.497 e. The van der Waals surface area contributed by atoms with Gasteiger partial charge in [-0.15, -0.1) is 11.3 Å². The second kappa shape index (κ2) is 10.7. The van der Waals surface area contributed by atoms with E-state index in [0.717, 1.165) is 41.4 Å². The zero-order chi connectivity index (χ0) is 22.3. The molecular formula is C22H27N3O4S2. The van der Waals surface area contributed by atoms with Crippen molar-refractivity contribution in [2.75, 3.05) is 18.4 Å². The molecule has 2 aromatic carbocycles. The Morgan fingerprint density at radius 2 is 1.94 bits per heavy atom. The number of rotatable bonds is 11. The average Bonchev–Trinajstić information content (AvgIpc) is 3.23. The van der Waals surface area contributed by atoms with Crippen LogP contribution in [0.4, 0.5) is 5.69 Å². The van der Waals surface area contributed by atoms with Gasteiger partial charge in [-0.2, -0.15) is 8.42 Å². The van der Waals surface area contributed by atoms with Gasteiger partial charge in [-0.1, -0.05) is 31.2 Å². The molecule has 0 aliphatic carbocycles. The van der Waals surface area contributed by atoms with Crippen LogP contribution in [0.5, 0.6) is 5.75 Å². The van der Waals surface area contributed by atoms with E-state index < -0.39 is 10.3 Å². The molecule has 7 nitrogen and oxygen atoms in total. The summed E-state index contributed by atoms with van der Waals surface area (Å²) in [6, 6.07) is 15.0. The van der Waals surface area contributed by atoms with Crippen molar-refractivity contribution in [3.8, 4) is 5.75 Å². The minimum absolute atomic E-state index is 0.0382. The Morgan fingerprint density at radius 1 is 1.16 bits per heavy atom. The van der Waals surface area contributed by atoms with E-state index >= 15 is 0 Å². The SMILES string of the molecule is CCc1csc([C@H](Cc2ccc(NS(=O)(=O)O)cc2)NCCc2cccc(OC)c2)n1. The molecule has 0 saturated heterocycles. The molecule has 1 atom stereocenters. The highest BCUT2D eigenvalue weighted by atomic mass is 32.2. The van der Waals surface area contributed by atoms with E-state index in [9.17, 15) is 8.42 Å². The summed E-state index contributed by atoms with van der Waals surface area (Å²) in [5.41, 5.74) is 3.62. The molecule has 0 radical (unpaired) electrons. The Labute approximate surface area is 187 Å². The van der Waals surface area contributed by atoms with Crippen molar-refractivity contribution in [1.82, 2.24) is 10.3 Å². The average molecular weight is 462 g/mol. The summed E-state index contributed by atoms with van der Waals surface area (Å²) in [6.07, 6.45) is 2.46. The molecule has 0 bridgehead atoms. The zero-order valence-electron chi connectivity index (χ0n) is 17.5. The third-order valence-corrected chi connectivity index (χ3v) is 6.31. The summed E-state index contributed by atoms with van der Waals surface area (Å²) >= 11 is 1.65. The number of aryl methyl sites for hydroxylation is 1. The highest BCUT2D eigenvalue weighted by Gasteiger charge is 2.16. The van der Waals surface area contributed by atoms with E-state index in [4.69, 9.17) is 14.3 Å². The van der Waals surface area contributed by atoms with E-state index in [1.807, 2.05) is 30.3 Å². The van der Waals surface area contributed by atoms with Crippen LogP contribution in [-0.2, 0) is 29.6 Å². The van der Waals surface area contributed by atoms with Gasteiger partial charge in [0, 0.05) is 5.38 Å². The van der Waals surface area contributed by atoms with Crippen LogP contribution in [0.3, 0.4) is 0 Å². The second-order valence-corrected chi connectivity index (χ2v) is 9.16. The molecule has 166 valence electrons. The van der Waals surface area contributed by atoms with Crippen molar-refractivity contribution in [3.63, 3.8) is 0 Å². The number of methoxy groups -OCH3 is 1. The number of nitrogens with one attached hydrogen (secondary N) is 2. The molecule has 0 aliphatic rings. The normalized spacial score (nSPS) is 12.5. The second-order valence-electron chi connectivity index (χ2n) is 7.12. The van der Waals surface area contributed by atoms with Gasteiger partial charge in [0.05, 0.1) is 24.5 Å². The van der Waals surface area contributed by atoms with Gasteiger partial charge in [0.1, 0.15) is 10.8 Å². The van der Waals surface area contributed by atoms with Crippen molar-refractivity contribution in [2.45, 2.75) is 32.2 Å². The third-order valence-electron chi connectivity index (χ3n) is 4.81. The molecule has 0 fully saturated rings. The highest BCUT2D eigenvalue weighted by molar-refractivity contribution is 7.87. The van der Waals surface area contributed by atoms with Gasteiger partial charge in [0.2, 0.25) is 0 Å². The Balaban J connectivity index is 1.69. The number of nitrogens with zero attached hydrogens (tertiary/aromatic N) is 1. The predicted octanol–water partition coefficient (Wildman–Crippen LogP) is 4.04. The molecule has 1 aromatic heterocycles. The maximum Gasteiger partial charge on any atom is 0.357 e. The summed E-state index contributed by atoms with van der Waals surface area (Å²) in [7, 11) is -2.61. The molecule has 0 saturated carbocycles. The first-order chi connectivity index (χ1) is 14.9. The van der Waals surface area contributed by atoms with Gasteiger partial charge in [-0.25, -0.2) is 4.98 Å². The molecular weight excluding hydrogens is 434 g/mol. The minimum atomic E-state index is -4.28. The first-order valence-corrected chi connectivity index (χ1v) is 12.3. The minimum Gasteiger partial charge on any atom is -0.497 e. The lowest BCUT2D eigenvalue weighted by Crippen LogP contribution is -2.25. The van der Waals surface area contributed by atoms with Crippen molar-refractivity contribution in [2.24, 2.45) is 0 Å². The van der Waals surface area contributed by atoms with Gasteiger partial charge in [-0.3, -0.25) is 9.27 Å². The van der Waals surface area contributed by atoms with Gasteiger partial charge >= 0.3 is 10.3 Å². The van der Waals surface area contributed by atoms with E-state index in [-0.39, 0.29) is 6.04 Å². The molecule has 3 rings (SSSR count). The third kappa shape index (κ3) is 7.32. The molecule has 3 aromatic rings. The van der Waals surface area contributed by atoms with Crippen molar-refractivity contribution in [1.29, 1.82) is 0 Å². The van der Waals surface area contributed by atoms with Crippen molar-refractivity contribution >= 4 is 27.3 Å².